The van der Waals surface area contributed by atoms with E-state index in [0.29, 0.717) is 17.2 Å². The Hall–Kier alpha value is -1.36. The van der Waals surface area contributed by atoms with E-state index in [1.54, 1.807) is 18.2 Å². The fourth-order valence-electron chi connectivity index (χ4n) is 1.50. The van der Waals surface area contributed by atoms with Gasteiger partial charge in [0.25, 0.3) is 5.91 Å². The molecule has 0 aromatic heterocycles. The Balaban J connectivity index is 1.91. The molecule has 1 N–H and O–H groups in total. The Morgan fingerprint density at radius 3 is 2.63 bits per heavy atom. The molecule has 0 aliphatic carbocycles. The fraction of sp³-hybridized carbons (Fsp3) is 0.0714. The molecule has 2 aromatic carbocycles. The topological polar surface area (TPSA) is 38.3 Å². The predicted molar refractivity (Wildman–Crippen MR) is 77.8 cm³/mol. The highest BCUT2D eigenvalue weighted by molar-refractivity contribution is 9.10. The van der Waals surface area contributed by atoms with E-state index >= 15 is 0 Å². The van der Waals surface area contributed by atoms with Crippen LogP contribution in [0.15, 0.2) is 53.0 Å². The highest BCUT2D eigenvalue weighted by atomic mass is 79.9. The molecule has 0 fully saturated rings. The van der Waals surface area contributed by atoms with Crippen molar-refractivity contribution in [3.63, 3.8) is 0 Å². The number of hydrogen-bond acceptors (Lipinski definition) is 2. The van der Waals surface area contributed by atoms with E-state index in [4.69, 9.17) is 16.4 Å². The molecule has 2 aromatic rings. The van der Waals surface area contributed by atoms with Crippen LogP contribution in [-0.2, 0) is 11.4 Å². The van der Waals surface area contributed by atoms with Crippen molar-refractivity contribution in [3.8, 4) is 0 Å². The van der Waals surface area contributed by atoms with Crippen LogP contribution in [0, 0.1) is 0 Å². The first-order chi connectivity index (χ1) is 9.15. The van der Waals surface area contributed by atoms with E-state index in [2.05, 4.69) is 21.4 Å². The van der Waals surface area contributed by atoms with Gasteiger partial charge < -0.3 is 0 Å². The van der Waals surface area contributed by atoms with Crippen LogP contribution in [0.2, 0.25) is 5.02 Å². The second-order valence-corrected chi connectivity index (χ2v) is 5.22. The molecule has 5 heteroatoms. The van der Waals surface area contributed by atoms with Crippen LogP contribution < -0.4 is 5.48 Å². The zero-order valence-corrected chi connectivity index (χ0v) is 12.2. The summed E-state index contributed by atoms with van der Waals surface area (Å²) in [5, 5.41) is 0.489. The lowest BCUT2D eigenvalue weighted by molar-refractivity contribution is 0.0233. The van der Waals surface area contributed by atoms with Gasteiger partial charge in [0.2, 0.25) is 0 Å². The maximum Gasteiger partial charge on any atom is 0.274 e. The molecule has 2 rings (SSSR count). The highest BCUT2D eigenvalue weighted by Crippen LogP contribution is 2.19. The number of nitrogens with one attached hydrogen (secondary N) is 1. The molecule has 0 bridgehead atoms. The zero-order chi connectivity index (χ0) is 13.7. The van der Waals surface area contributed by atoms with Crippen LogP contribution in [0.5, 0.6) is 0 Å². The van der Waals surface area contributed by atoms with Crippen LogP contribution in [0.3, 0.4) is 0 Å². The van der Waals surface area contributed by atoms with Gasteiger partial charge in [-0.05, 0) is 23.8 Å². The summed E-state index contributed by atoms with van der Waals surface area (Å²) in [6.45, 7) is 0.314. The van der Waals surface area contributed by atoms with Gasteiger partial charge in [-0.25, -0.2) is 5.48 Å². The maximum absolute atomic E-state index is 11.8. The number of carbonyl (C=O) groups excluding carboxylic acids is 1. The number of rotatable bonds is 4. The molecule has 0 heterocycles. The van der Waals surface area contributed by atoms with E-state index in [0.717, 1.165) is 10.0 Å². The van der Waals surface area contributed by atoms with Crippen molar-refractivity contribution in [2.24, 2.45) is 0 Å². The third-order valence-corrected chi connectivity index (χ3v) is 3.05. The minimum atomic E-state index is -0.334. The summed E-state index contributed by atoms with van der Waals surface area (Å²) in [5.74, 6) is -0.334. The summed E-state index contributed by atoms with van der Waals surface area (Å²) in [6.07, 6.45) is 0. The van der Waals surface area contributed by atoms with Gasteiger partial charge in [0, 0.05) is 15.1 Å². The minimum absolute atomic E-state index is 0.314. The largest absolute Gasteiger partial charge is 0.274 e. The van der Waals surface area contributed by atoms with Gasteiger partial charge in [-0.3, -0.25) is 9.63 Å². The number of hydrogen-bond donors (Lipinski definition) is 1. The Morgan fingerprint density at radius 2 is 1.95 bits per heavy atom. The fourth-order valence-corrected chi connectivity index (χ4v) is 2.36. The van der Waals surface area contributed by atoms with Crippen LogP contribution in [0.4, 0.5) is 0 Å². The molecule has 1 amide bonds. The summed E-state index contributed by atoms with van der Waals surface area (Å²) in [5.41, 5.74) is 3.80. The molecule has 0 saturated carbocycles. The highest BCUT2D eigenvalue weighted by Gasteiger charge is 2.07. The van der Waals surface area contributed by atoms with Gasteiger partial charge >= 0.3 is 0 Å². The van der Waals surface area contributed by atoms with Gasteiger partial charge in [-0.2, -0.15) is 0 Å². The van der Waals surface area contributed by atoms with Crippen molar-refractivity contribution in [1.82, 2.24) is 5.48 Å². The molecule has 0 spiro atoms. The monoisotopic (exact) mass is 339 g/mol. The summed E-state index contributed by atoms with van der Waals surface area (Å²) in [6, 6.07) is 14.5. The first-order valence-corrected chi connectivity index (χ1v) is 6.74. The normalized spacial score (nSPS) is 10.2. The minimum Gasteiger partial charge on any atom is -0.269 e. The van der Waals surface area contributed by atoms with Crippen molar-refractivity contribution >= 4 is 33.4 Å². The lowest BCUT2D eigenvalue weighted by Crippen LogP contribution is -2.23. The lowest BCUT2D eigenvalue weighted by Gasteiger charge is -2.06. The van der Waals surface area contributed by atoms with Crippen molar-refractivity contribution < 1.29 is 9.63 Å². The molecule has 0 radical (unpaired) electrons. The van der Waals surface area contributed by atoms with Gasteiger partial charge in [-0.1, -0.05) is 57.9 Å². The summed E-state index contributed by atoms with van der Waals surface area (Å²) in [7, 11) is 0. The summed E-state index contributed by atoms with van der Waals surface area (Å²) < 4.78 is 0.744. The van der Waals surface area contributed by atoms with Gasteiger partial charge in [0.1, 0.15) is 0 Å². The van der Waals surface area contributed by atoms with E-state index in [1.165, 1.54) is 0 Å². The second kappa shape index (κ2) is 6.70. The molecule has 98 valence electrons. The predicted octanol–water partition coefficient (Wildman–Crippen LogP) is 3.96. The average molecular weight is 341 g/mol. The van der Waals surface area contributed by atoms with Crippen molar-refractivity contribution in [2.45, 2.75) is 6.61 Å². The smallest absolute Gasteiger partial charge is 0.269 e. The number of halogens is 2. The molecule has 0 aliphatic heterocycles. The molecule has 3 nitrogen and oxygen atoms in total. The van der Waals surface area contributed by atoms with Crippen molar-refractivity contribution in [1.29, 1.82) is 0 Å². The van der Waals surface area contributed by atoms with Crippen LogP contribution in [-0.4, -0.2) is 5.91 Å². The van der Waals surface area contributed by atoms with E-state index in [-0.39, 0.29) is 5.91 Å². The lowest BCUT2D eigenvalue weighted by atomic mass is 10.2. The SMILES string of the molecule is O=C(NOCc1ccccc1)c1cc(Cl)cc(Br)c1. The molecule has 0 unspecified atom stereocenters. The first-order valence-electron chi connectivity index (χ1n) is 5.57. The number of benzene rings is 2. The van der Waals surface area contributed by atoms with Crippen LogP contribution in [0.25, 0.3) is 0 Å². The van der Waals surface area contributed by atoms with Crippen molar-refractivity contribution in [2.75, 3.05) is 0 Å². The maximum atomic E-state index is 11.8. The third kappa shape index (κ3) is 4.35. The number of amides is 1. The third-order valence-electron chi connectivity index (χ3n) is 2.37. The number of hydroxylamine groups is 1. The zero-order valence-electron chi connectivity index (χ0n) is 9.90. The van der Waals surface area contributed by atoms with Crippen LogP contribution >= 0.6 is 27.5 Å². The molecule has 19 heavy (non-hydrogen) atoms. The Labute approximate surface area is 124 Å². The van der Waals surface area contributed by atoms with Gasteiger partial charge in [-0.15, -0.1) is 0 Å². The van der Waals surface area contributed by atoms with E-state index in [1.807, 2.05) is 30.3 Å². The molecular weight excluding hydrogens is 330 g/mol. The van der Waals surface area contributed by atoms with Crippen LogP contribution in [0.1, 0.15) is 15.9 Å². The molecule has 0 saturated heterocycles. The van der Waals surface area contributed by atoms with Crippen molar-refractivity contribution in [3.05, 3.63) is 69.2 Å². The second-order valence-electron chi connectivity index (χ2n) is 3.86. The Kier molecular flexibility index (Phi) is 4.96. The summed E-state index contributed by atoms with van der Waals surface area (Å²) >= 11 is 9.15. The first kappa shape index (κ1) is 14.1. The Bertz CT molecular complexity index is 555. The van der Waals surface area contributed by atoms with Gasteiger partial charge in [0.15, 0.2) is 0 Å². The molecule has 0 atom stereocenters. The van der Waals surface area contributed by atoms with Gasteiger partial charge in [0.05, 0.1) is 6.61 Å². The summed E-state index contributed by atoms with van der Waals surface area (Å²) in [4.78, 5) is 17.0. The molecule has 0 aliphatic rings. The number of carbonyl (C=O) groups is 1. The van der Waals surface area contributed by atoms with E-state index in [9.17, 15) is 4.79 Å². The average Bonchev–Trinajstić information content (AvgIpc) is 2.38. The van der Waals surface area contributed by atoms with E-state index < -0.39 is 0 Å². The Morgan fingerprint density at radius 1 is 1.21 bits per heavy atom. The standard InChI is InChI=1S/C14H11BrClNO2/c15-12-6-11(7-13(16)8-12)14(18)17-19-9-10-4-2-1-3-5-10/h1-8H,9H2,(H,17,18). The quantitative estimate of drug-likeness (QED) is 0.856. The molecular formula is C14H11BrClNO2.